The fraction of sp³-hybridized carbons (Fsp3) is 0.400. The first-order chi connectivity index (χ1) is 10.4. The van der Waals surface area contributed by atoms with Crippen molar-refractivity contribution in [1.29, 1.82) is 0 Å². The van der Waals surface area contributed by atoms with Crippen LogP contribution in [0.15, 0.2) is 30.3 Å². The average Bonchev–Trinajstić information content (AvgIpc) is 2.88. The number of hydrogen-bond acceptors (Lipinski definition) is 3. The Morgan fingerprint density at radius 2 is 2.14 bits per heavy atom. The molecule has 7 heteroatoms. The third-order valence-corrected chi connectivity index (χ3v) is 4.97. The first kappa shape index (κ1) is 15.1. The second-order valence-corrected chi connectivity index (χ2v) is 7.52. The second-order valence-electron chi connectivity index (χ2n) is 5.86. The van der Waals surface area contributed by atoms with Gasteiger partial charge in [0.2, 0.25) is 10.0 Å². The van der Waals surface area contributed by atoms with Crippen molar-refractivity contribution >= 4 is 26.8 Å². The van der Waals surface area contributed by atoms with E-state index >= 15 is 0 Å². The van der Waals surface area contributed by atoms with Crippen molar-refractivity contribution in [1.82, 2.24) is 9.88 Å². The van der Waals surface area contributed by atoms with Crippen LogP contribution >= 0.6 is 0 Å². The van der Waals surface area contributed by atoms with Crippen molar-refractivity contribution in [2.75, 3.05) is 18.8 Å². The van der Waals surface area contributed by atoms with Crippen LogP contribution in [0, 0.1) is 5.92 Å². The van der Waals surface area contributed by atoms with Gasteiger partial charge in [-0.25, -0.2) is 13.6 Å². The number of benzene rings is 1. The molecule has 1 aromatic carbocycles. The summed E-state index contributed by atoms with van der Waals surface area (Å²) in [6.07, 6.45) is 1.58. The number of hydrogen-bond donors (Lipinski definition) is 2. The molecule has 1 aromatic heterocycles. The smallest absolute Gasteiger partial charge is 0.270 e. The molecular weight excluding hydrogens is 302 g/mol. The first-order valence-electron chi connectivity index (χ1n) is 7.30. The summed E-state index contributed by atoms with van der Waals surface area (Å²) in [4.78, 5) is 17.4. The van der Waals surface area contributed by atoms with Crippen molar-refractivity contribution in [3.05, 3.63) is 36.0 Å². The lowest BCUT2D eigenvalue weighted by molar-refractivity contribution is 0.0679. The van der Waals surface area contributed by atoms with Crippen LogP contribution in [0.5, 0.6) is 0 Å². The molecule has 3 rings (SSSR count). The molecule has 1 amide bonds. The Balaban J connectivity index is 1.76. The van der Waals surface area contributed by atoms with E-state index in [1.807, 2.05) is 30.3 Å². The molecule has 1 aliphatic rings. The van der Waals surface area contributed by atoms with Gasteiger partial charge >= 0.3 is 0 Å². The van der Waals surface area contributed by atoms with Gasteiger partial charge in [-0.15, -0.1) is 0 Å². The zero-order valence-electron chi connectivity index (χ0n) is 12.2. The van der Waals surface area contributed by atoms with E-state index in [9.17, 15) is 13.2 Å². The van der Waals surface area contributed by atoms with Crippen molar-refractivity contribution < 1.29 is 13.2 Å². The maximum atomic E-state index is 12.6. The summed E-state index contributed by atoms with van der Waals surface area (Å²) < 4.78 is 22.5. The van der Waals surface area contributed by atoms with Gasteiger partial charge in [-0.1, -0.05) is 18.2 Å². The molecule has 0 radical (unpaired) electrons. The number of fused-ring (bicyclic) bond motifs is 1. The quantitative estimate of drug-likeness (QED) is 0.892. The third kappa shape index (κ3) is 3.31. The van der Waals surface area contributed by atoms with Crippen LogP contribution in [0.4, 0.5) is 0 Å². The van der Waals surface area contributed by atoms with Gasteiger partial charge in [-0.05, 0) is 30.9 Å². The van der Waals surface area contributed by atoms with Crippen molar-refractivity contribution in [3.63, 3.8) is 0 Å². The largest absolute Gasteiger partial charge is 0.351 e. The molecule has 118 valence electrons. The summed E-state index contributed by atoms with van der Waals surface area (Å²) in [5, 5.41) is 6.10. The monoisotopic (exact) mass is 321 g/mol. The number of nitrogens with one attached hydrogen (secondary N) is 1. The van der Waals surface area contributed by atoms with Gasteiger partial charge < -0.3 is 9.88 Å². The van der Waals surface area contributed by atoms with E-state index in [4.69, 9.17) is 5.14 Å². The number of carbonyl (C=O) groups excluding carboxylic acids is 1. The van der Waals surface area contributed by atoms with E-state index in [2.05, 4.69) is 4.98 Å². The molecule has 2 heterocycles. The summed E-state index contributed by atoms with van der Waals surface area (Å²) in [5.41, 5.74) is 1.46. The number of carbonyl (C=O) groups is 1. The van der Waals surface area contributed by atoms with Gasteiger partial charge in [-0.3, -0.25) is 4.79 Å². The van der Waals surface area contributed by atoms with Crippen LogP contribution < -0.4 is 5.14 Å². The Kier molecular flexibility index (Phi) is 3.92. The van der Waals surface area contributed by atoms with E-state index in [-0.39, 0.29) is 17.6 Å². The number of amides is 1. The molecule has 1 atom stereocenters. The minimum Gasteiger partial charge on any atom is -0.351 e. The molecule has 1 aliphatic heterocycles. The lowest BCUT2D eigenvalue weighted by Crippen LogP contribution is -2.42. The maximum Gasteiger partial charge on any atom is 0.270 e. The van der Waals surface area contributed by atoms with Gasteiger partial charge in [0.1, 0.15) is 5.69 Å². The number of aromatic nitrogens is 1. The maximum absolute atomic E-state index is 12.6. The fourth-order valence-corrected chi connectivity index (χ4v) is 4.00. The summed E-state index contributed by atoms with van der Waals surface area (Å²) >= 11 is 0. The number of nitrogens with two attached hydrogens (primary N) is 1. The number of rotatable bonds is 3. The third-order valence-electron chi connectivity index (χ3n) is 4.03. The molecular formula is C15H19N3O3S. The Morgan fingerprint density at radius 3 is 2.86 bits per heavy atom. The van der Waals surface area contributed by atoms with Gasteiger partial charge in [0, 0.05) is 24.0 Å². The molecule has 1 fully saturated rings. The Bertz CT molecular complexity index is 764. The number of nitrogens with zero attached hydrogens (tertiary/aromatic N) is 1. The van der Waals surface area contributed by atoms with Crippen LogP contribution in [0.25, 0.3) is 10.9 Å². The van der Waals surface area contributed by atoms with Gasteiger partial charge in [-0.2, -0.15) is 0 Å². The number of para-hydroxylation sites is 1. The molecule has 1 saturated heterocycles. The van der Waals surface area contributed by atoms with Crippen molar-refractivity contribution in [2.45, 2.75) is 12.8 Å². The highest BCUT2D eigenvalue weighted by Gasteiger charge is 2.27. The molecule has 0 spiro atoms. The van der Waals surface area contributed by atoms with E-state index in [0.29, 0.717) is 18.8 Å². The van der Waals surface area contributed by atoms with Gasteiger partial charge in [0.05, 0.1) is 5.75 Å². The van der Waals surface area contributed by atoms with E-state index in [1.165, 1.54) is 0 Å². The van der Waals surface area contributed by atoms with Crippen LogP contribution in [0.2, 0.25) is 0 Å². The lowest BCUT2D eigenvalue weighted by atomic mass is 10.00. The minimum atomic E-state index is -3.50. The average molecular weight is 321 g/mol. The molecule has 2 aromatic rings. The Labute approximate surface area is 129 Å². The highest BCUT2D eigenvalue weighted by atomic mass is 32.2. The number of primary sulfonamides is 1. The van der Waals surface area contributed by atoms with Crippen LogP contribution in [-0.2, 0) is 10.0 Å². The lowest BCUT2D eigenvalue weighted by Gasteiger charge is -2.32. The Morgan fingerprint density at radius 1 is 1.36 bits per heavy atom. The molecule has 0 aliphatic carbocycles. The highest BCUT2D eigenvalue weighted by molar-refractivity contribution is 7.89. The van der Waals surface area contributed by atoms with Crippen molar-refractivity contribution in [2.24, 2.45) is 11.1 Å². The summed E-state index contributed by atoms with van der Waals surface area (Å²) in [7, 11) is -3.50. The summed E-state index contributed by atoms with van der Waals surface area (Å²) in [6.45, 7) is 1.08. The highest BCUT2D eigenvalue weighted by Crippen LogP contribution is 2.21. The molecule has 22 heavy (non-hydrogen) atoms. The van der Waals surface area contributed by atoms with Crippen LogP contribution in [-0.4, -0.2) is 43.1 Å². The van der Waals surface area contributed by atoms with E-state index in [0.717, 1.165) is 23.7 Å². The second kappa shape index (κ2) is 5.73. The normalized spacial score (nSPS) is 19.5. The predicted octanol–water partition coefficient (Wildman–Crippen LogP) is 1.31. The number of H-pyrrole nitrogens is 1. The number of likely N-dealkylation sites (tertiary alicyclic amines) is 1. The SMILES string of the molecule is NS(=O)(=O)CC1CCCN(C(=O)c2cc3ccccc3[nH]2)C1. The standard InChI is InChI=1S/C15H19N3O3S/c16-22(20,21)10-11-4-3-7-18(9-11)15(19)14-8-12-5-1-2-6-13(12)17-14/h1-2,5-6,8,11,17H,3-4,7,9-10H2,(H2,16,20,21). The molecule has 3 N–H and O–H groups in total. The minimum absolute atomic E-state index is 0.0660. The topological polar surface area (TPSA) is 96.3 Å². The molecule has 0 saturated carbocycles. The molecule has 6 nitrogen and oxygen atoms in total. The van der Waals surface area contributed by atoms with E-state index in [1.54, 1.807) is 4.90 Å². The molecule has 0 bridgehead atoms. The van der Waals surface area contributed by atoms with E-state index < -0.39 is 10.0 Å². The predicted molar refractivity (Wildman–Crippen MR) is 84.9 cm³/mol. The van der Waals surface area contributed by atoms with Gasteiger partial charge in [0.15, 0.2) is 0 Å². The number of aromatic amines is 1. The van der Waals surface area contributed by atoms with Crippen LogP contribution in [0.1, 0.15) is 23.3 Å². The van der Waals surface area contributed by atoms with Crippen LogP contribution in [0.3, 0.4) is 0 Å². The first-order valence-corrected chi connectivity index (χ1v) is 9.01. The van der Waals surface area contributed by atoms with Gasteiger partial charge in [0.25, 0.3) is 5.91 Å². The zero-order chi connectivity index (χ0) is 15.7. The number of piperidine rings is 1. The van der Waals surface area contributed by atoms with Crippen molar-refractivity contribution in [3.8, 4) is 0 Å². The summed E-state index contributed by atoms with van der Waals surface area (Å²) in [6, 6.07) is 9.54. The zero-order valence-corrected chi connectivity index (χ0v) is 13.0. The Hall–Kier alpha value is -1.86. The molecule has 1 unspecified atom stereocenters. The fourth-order valence-electron chi connectivity index (χ4n) is 3.07. The number of sulfonamides is 1. The summed E-state index contributed by atoms with van der Waals surface area (Å²) in [5.74, 6) is -0.240.